The molecule has 0 aliphatic rings. The molecular weight excluding hydrogens is 285 g/mol. The summed E-state index contributed by atoms with van der Waals surface area (Å²) < 4.78 is 0. The molecule has 0 heterocycles. The van der Waals surface area contributed by atoms with Crippen LogP contribution in [0.1, 0.15) is 26.3 Å². The van der Waals surface area contributed by atoms with Gasteiger partial charge in [-0.2, -0.15) is 11.8 Å². The highest BCUT2D eigenvalue weighted by atomic mass is 35.5. The lowest BCUT2D eigenvalue weighted by molar-refractivity contribution is 0.572. The Labute approximate surface area is 125 Å². The van der Waals surface area contributed by atoms with Crippen molar-refractivity contribution in [1.29, 1.82) is 0 Å². The van der Waals surface area contributed by atoms with Gasteiger partial charge in [0.1, 0.15) is 0 Å². The predicted molar refractivity (Wildman–Crippen MR) is 85.2 cm³/mol. The van der Waals surface area contributed by atoms with Crippen LogP contribution in [0.5, 0.6) is 0 Å². The summed E-state index contributed by atoms with van der Waals surface area (Å²) in [5.41, 5.74) is 1.16. The van der Waals surface area contributed by atoms with E-state index in [1.165, 1.54) is 0 Å². The zero-order valence-electron chi connectivity index (χ0n) is 11.2. The zero-order valence-corrected chi connectivity index (χ0v) is 13.5. The summed E-state index contributed by atoms with van der Waals surface area (Å²) in [6, 6.07) is 6.20. The Morgan fingerprint density at radius 2 is 2.00 bits per heavy atom. The minimum atomic E-state index is 0.459. The molecule has 1 atom stereocenters. The quantitative estimate of drug-likeness (QED) is 0.786. The first-order valence-corrected chi connectivity index (χ1v) is 8.12. The highest BCUT2D eigenvalue weighted by Gasteiger charge is 2.12. The van der Waals surface area contributed by atoms with Crippen LogP contribution in [-0.2, 0) is 6.42 Å². The van der Waals surface area contributed by atoms with Crippen LogP contribution in [0.4, 0.5) is 0 Å². The maximum absolute atomic E-state index is 6.22. The van der Waals surface area contributed by atoms with Gasteiger partial charge in [-0.15, -0.1) is 0 Å². The third kappa shape index (κ3) is 5.83. The van der Waals surface area contributed by atoms with E-state index in [1.54, 1.807) is 0 Å². The van der Waals surface area contributed by atoms with Crippen molar-refractivity contribution >= 4 is 35.0 Å². The Hall–Kier alpha value is 0.110. The molecule has 0 spiro atoms. The maximum atomic E-state index is 6.22. The summed E-state index contributed by atoms with van der Waals surface area (Å²) >= 11 is 14.1. The molecule has 1 N–H and O–H groups in total. The molecule has 0 bridgehead atoms. The fourth-order valence-corrected chi connectivity index (χ4v) is 3.08. The third-order valence-electron chi connectivity index (χ3n) is 2.60. The zero-order chi connectivity index (χ0) is 13.5. The molecule has 1 aromatic rings. The molecule has 0 amide bonds. The van der Waals surface area contributed by atoms with Crippen molar-refractivity contribution in [1.82, 2.24) is 5.32 Å². The van der Waals surface area contributed by atoms with E-state index in [1.807, 2.05) is 30.0 Å². The Morgan fingerprint density at radius 1 is 1.28 bits per heavy atom. The van der Waals surface area contributed by atoms with Crippen molar-refractivity contribution in [3.63, 3.8) is 0 Å². The molecular formula is C14H21Cl2NS. The van der Waals surface area contributed by atoms with Gasteiger partial charge in [0.2, 0.25) is 0 Å². The number of thioether (sulfide) groups is 1. The van der Waals surface area contributed by atoms with Crippen LogP contribution in [-0.4, -0.2) is 23.6 Å². The van der Waals surface area contributed by atoms with Crippen LogP contribution in [0.2, 0.25) is 10.0 Å². The van der Waals surface area contributed by atoms with Gasteiger partial charge in [0, 0.05) is 21.8 Å². The first kappa shape index (κ1) is 16.2. The number of nitrogens with one attached hydrogen (secondary N) is 1. The smallest absolute Gasteiger partial charge is 0.0453 e. The number of likely N-dealkylation sites (N-methyl/N-ethyl adjacent to an activating group) is 1. The number of benzene rings is 1. The minimum absolute atomic E-state index is 0.459. The van der Waals surface area contributed by atoms with Crippen LogP contribution in [0.3, 0.4) is 0 Å². The van der Waals surface area contributed by atoms with Crippen LogP contribution in [0.15, 0.2) is 18.2 Å². The molecule has 102 valence electrons. The first-order chi connectivity index (χ1) is 8.52. The molecule has 0 saturated carbocycles. The molecule has 0 saturated heterocycles. The molecule has 4 heteroatoms. The van der Waals surface area contributed by atoms with Crippen LogP contribution in [0.25, 0.3) is 0 Å². The van der Waals surface area contributed by atoms with Crippen LogP contribution >= 0.6 is 35.0 Å². The van der Waals surface area contributed by atoms with E-state index in [2.05, 4.69) is 26.1 Å². The molecule has 0 aromatic heterocycles. The van der Waals surface area contributed by atoms with Gasteiger partial charge in [-0.25, -0.2) is 0 Å². The van der Waals surface area contributed by atoms with E-state index in [0.29, 0.717) is 16.3 Å². The lowest BCUT2D eigenvalue weighted by atomic mass is 10.1. The molecule has 0 aliphatic carbocycles. The highest BCUT2D eigenvalue weighted by Crippen LogP contribution is 2.23. The van der Waals surface area contributed by atoms with Gasteiger partial charge in [-0.05, 0) is 35.9 Å². The van der Waals surface area contributed by atoms with Gasteiger partial charge in [-0.1, -0.05) is 50.0 Å². The maximum Gasteiger partial charge on any atom is 0.0453 e. The van der Waals surface area contributed by atoms with E-state index in [0.717, 1.165) is 29.3 Å². The standard InChI is InChI=1S/C14H21Cl2NS/c1-4-17-13(9-18-10(2)3)7-11-5-6-12(15)8-14(11)16/h5-6,8,10,13,17H,4,7,9H2,1-3H3. The average molecular weight is 306 g/mol. The van der Waals surface area contributed by atoms with Gasteiger partial charge in [0.25, 0.3) is 0 Å². The van der Waals surface area contributed by atoms with Gasteiger partial charge >= 0.3 is 0 Å². The van der Waals surface area contributed by atoms with Crippen molar-refractivity contribution in [2.45, 2.75) is 38.5 Å². The van der Waals surface area contributed by atoms with E-state index in [9.17, 15) is 0 Å². The second-order valence-corrected chi connectivity index (χ2v) is 7.03. The topological polar surface area (TPSA) is 12.0 Å². The summed E-state index contributed by atoms with van der Waals surface area (Å²) in [4.78, 5) is 0. The van der Waals surface area contributed by atoms with Crippen molar-refractivity contribution in [3.8, 4) is 0 Å². The highest BCUT2D eigenvalue weighted by molar-refractivity contribution is 7.99. The molecule has 1 unspecified atom stereocenters. The number of halogens is 2. The Morgan fingerprint density at radius 3 is 2.56 bits per heavy atom. The third-order valence-corrected chi connectivity index (χ3v) is 4.45. The normalized spacial score (nSPS) is 13.0. The Kier molecular flexibility index (Phi) is 7.47. The first-order valence-electron chi connectivity index (χ1n) is 6.31. The van der Waals surface area contributed by atoms with Crippen molar-refractivity contribution < 1.29 is 0 Å². The van der Waals surface area contributed by atoms with Gasteiger partial charge in [0.15, 0.2) is 0 Å². The predicted octanol–water partition coefficient (Wildman–Crippen LogP) is 4.66. The van der Waals surface area contributed by atoms with Crippen LogP contribution < -0.4 is 5.32 Å². The van der Waals surface area contributed by atoms with E-state index >= 15 is 0 Å². The van der Waals surface area contributed by atoms with E-state index in [4.69, 9.17) is 23.2 Å². The Balaban J connectivity index is 2.64. The lowest BCUT2D eigenvalue weighted by Crippen LogP contribution is -2.33. The van der Waals surface area contributed by atoms with Gasteiger partial charge in [0.05, 0.1) is 0 Å². The molecule has 0 fully saturated rings. The van der Waals surface area contributed by atoms with Gasteiger partial charge in [-0.3, -0.25) is 0 Å². The monoisotopic (exact) mass is 305 g/mol. The fraction of sp³-hybridized carbons (Fsp3) is 0.571. The summed E-state index contributed by atoms with van der Waals surface area (Å²) in [7, 11) is 0. The molecule has 1 rings (SSSR count). The lowest BCUT2D eigenvalue weighted by Gasteiger charge is -2.19. The fourth-order valence-electron chi connectivity index (χ4n) is 1.74. The van der Waals surface area contributed by atoms with E-state index in [-0.39, 0.29) is 0 Å². The number of hydrogen-bond acceptors (Lipinski definition) is 2. The van der Waals surface area contributed by atoms with Crippen molar-refractivity contribution in [2.75, 3.05) is 12.3 Å². The van der Waals surface area contributed by atoms with E-state index < -0.39 is 0 Å². The number of hydrogen-bond donors (Lipinski definition) is 1. The van der Waals surface area contributed by atoms with Crippen molar-refractivity contribution in [3.05, 3.63) is 33.8 Å². The summed E-state index contributed by atoms with van der Waals surface area (Å²) in [6.07, 6.45) is 0.948. The summed E-state index contributed by atoms with van der Waals surface area (Å²) in [6.45, 7) is 7.57. The molecule has 0 radical (unpaired) electrons. The SMILES string of the molecule is CCNC(CSC(C)C)Cc1ccc(Cl)cc1Cl. The average Bonchev–Trinajstić information content (AvgIpc) is 2.29. The largest absolute Gasteiger partial charge is 0.313 e. The van der Waals surface area contributed by atoms with Gasteiger partial charge < -0.3 is 5.32 Å². The summed E-state index contributed by atoms with van der Waals surface area (Å²) in [5.74, 6) is 1.10. The molecule has 0 aliphatic heterocycles. The Bertz CT molecular complexity index is 369. The second-order valence-electron chi connectivity index (χ2n) is 4.58. The molecule has 1 aromatic carbocycles. The minimum Gasteiger partial charge on any atom is -0.313 e. The van der Waals surface area contributed by atoms with Crippen molar-refractivity contribution in [2.24, 2.45) is 0 Å². The molecule has 18 heavy (non-hydrogen) atoms. The molecule has 1 nitrogen and oxygen atoms in total. The summed E-state index contributed by atoms with van der Waals surface area (Å²) in [5, 5.41) is 5.63. The second kappa shape index (κ2) is 8.31. The van der Waals surface area contributed by atoms with Crippen LogP contribution in [0, 0.1) is 0 Å². The number of rotatable bonds is 7.